The van der Waals surface area contributed by atoms with E-state index < -0.39 is 41.8 Å². The lowest BCUT2D eigenvalue weighted by molar-refractivity contribution is -0.200. The Balaban J connectivity index is 4.21. The van der Waals surface area contributed by atoms with Crippen LogP contribution in [0.3, 0.4) is 0 Å². The molecule has 3 N–H and O–H groups in total. The molecule has 0 aliphatic carbocycles. The van der Waals surface area contributed by atoms with Crippen LogP contribution in [0.5, 0.6) is 0 Å². The van der Waals surface area contributed by atoms with E-state index in [-0.39, 0.29) is 0 Å². The van der Waals surface area contributed by atoms with E-state index in [2.05, 4.69) is 0 Å². The van der Waals surface area contributed by atoms with E-state index in [1.165, 1.54) is 0 Å². The lowest BCUT2D eigenvalue weighted by Gasteiger charge is -2.15. The van der Waals surface area contributed by atoms with Crippen molar-refractivity contribution in [2.45, 2.75) is 18.5 Å². The SMILES string of the molecule is O=S(=O)(NCC(O)C(F)(F)F)NCC(F)(F)F. The molecule has 0 saturated carbocycles. The van der Waals surface area contributed by atoms with Gasteiger partial charge in [0.1, 0.15) is 6.54 Å². The Kier molecular flexibility index (Phi) is 5.18. The maximum atomic E-state index is 11.7. The van der Waals surface area contributed by atoms with Gasteiger partial charge in [0.05, 0.1) is 0 Å². The molecular weight excluding hydrogens is 282 g/mol. The molecule has 12 heteroatoms. The van der Waals surface area contributed by atoms with Crippen LogP contribution in [0.4, 0.5) is 26.3 Å². The van der Waals surface area contributed by atoms with Crippen LogP contribution in [-0.4, -0.2) is 45.1 Å². The normalized spacial score (nSPS) is 15.9. The number of aliphatic hydroxyl groups is 1. The van der Waals surface area contributed by atoms with Gasteiger partial charge in [0, 0.05) is 6.54 Å². The molecule has 17 heavy (non-hydrogen) atoms. The molecule has 0 aromatic rings. The third-order valence-corrected chi connectivity index (χ3v) is 2.38. The second kappa shape index (κ2) is 5.37. The summed E-state index contributed by atoms with van der Waals surface area (Å²) in [6.45, 7) is -3.40. The zero-order valence-corrected chi connectivity index (χ0v) is 8.75. The first-order valence-electron chi connectivity index (χ1n) is 3.89. The van der Waals surface area contributed by atoms with Gasteiger partial charge in [-0.2, -0.15) is 44.2 Å². The van der Waals surface area contributed by atoms with Crippen LogP contribution in [0.1, 0.15) is 0 Å². The van der Waals surface area contributed by atoms with Crippen molar-refractivity contribution in [3.8, 4) is 0 Å². The summed E-state index contributed by atoms with van der Waals surface area (Å²) in [5.74, 6) is 0. The summed E-state index contributed by atoms with van der Waals surface area (Å²) in [7, 11) is -4.75. The monoisotopic (exact) mass is 290 g/mol. The van der Waals surface area contributed by atoms with Crippen LogP contribution >= 0.6 is 0 Å². The van der Waals surface area contributed by atoms with Crippen molar-refractivity contribution < 1.29 is 39.9 Å². The number of halogens is 6. The molecular formula is C5H8F6N2O3S. The molecule has 0 aromatic carbocycles. The van der Waals surface area contributed by atoms with Crippen molar-refractivity contribution in [3.05, 3.63) is 0 Å². The van der Waals surface area contributed by atoms with Crippen LogP contribution in [0.25, 0.3) is 0 Å². The lowest BCUT2D eigenvalue weighted by atomic mass is 10.4. The summed E-state index contributed by atoms with van der Waals surface area (Å²) in [5.41, 5.74) is 0. The fourth-order valence-electron chi connectivity index (χ4n) is 0.532. The van der Waals surface area contributed by atoms with Gasteiger partial charge in [-0.15, -0.1) is 0 Å². The van der Waals surface area contributed by atoms with Crippen molar-refractivity contribution in [1.82, 2.24) is 9.44 Å². The van der Waals surface area contributed by atoms with Gasteiger partial charge in [0.15, 0.2) is 6.10 Å². The molecule has 0 rings (SSSR count). The van der Waals surface area contributed by atoms with Crippen LogP contribution in [0.2, 0.25) is 0 Å². The van der Waals surface area contributed by atoms with Gasteiger partial charge >= 0.3 is 12.4 Å². The molecule has 0 bridgehead atoms. The van der Waals surface area contributed by atoms with Gasteiger partial charge < -0.3 is 5.11 Å². The summed E-state index contributed by atoms with van der Waals surface area (Å²) in [4.78, 5) is 0. The number of nitrogens with one attached hydrogen (secondary N) is 2. The van der Waals surface area contributed by atoms with E-state index in [0.29, 0.717) is 0 Å². The number of hydrogen-bond acceptors (Lipinski definition) is 3. The average molecular weight is 290 g/mol. The zero-order valence-electron chi connectivity index (χ0n) is 7.93. The summed E-state index contributed by atoms with van der Waals surface area (Å²) in [5, 5.41) is 8.38. The topological polar surface area (TPSA) is 78.4 Å². The average Bonchev–Trinajstić information content (AvgIpc) is 2.09. The first-order valence-corrected chi connectivity index (χ1v) is 5.37. The van der Waals surface area contributed by atoms with E-state index in [1.54, 1.807) is 0 Å². The second-order valence-corrected chi connectivity index (χ2v) is 4.43. The molecule has 0 aromatic heterocycles. The largest absolute Gasteiger partial charge is 0.415 e. The molecule has 0 radical (unpaired) electrons. The molecule has 0 saturated heterocycles. The first-order chi connectivity index (χ1) is 7.33. The molecule has 0 spiro atoms. The van der Waals surface area contributed by atoms with Crippen LogP contribution in [0, 0.1) is 0 Å². The molecule has 0 heterocycles. The van der Waals surface area contributed by atoms with E-state index in [0.717, 1.165) is 9.44 Å². The van der Waals surface area contributed by atoms with Gasteiger partial charge in [-0.1, -0.05) is 0 Å². The van der Waals surface area contributed by atoms with Gasteiger partial charge in [-0.05, 0) is 0 Å². The summed E-state index contributed by atoms with van der Waals surface area (Å²) >= 11 is 0. The van der Waals surface area contributed by atoms with Crippen molar-refractivity contribution in [3.63, 3.8) is 0 Å². The molecule has 0 aliphatic heterocycles. The first kappa shape index (κ1) is 16.4. The van der Waals surface area contributed by atoms with E-state index in [1.807, 2.05) is 0 Å². The van der Waals surface area contributed by atoms with Crippen molar-refractivity contribution in [1.29, 1.82) is 0 Å². The van der Waals surface area contributed by atoms with Gasteiger partial charge in [0.2, 0.25) is 0 Å². The third-order valence-electron chi connectivity index (χ3n) is 1.31. The summed E-state index contributed by atoms with van der Waals surface area (Å²) in [6.07, 6.45) is -12.9. The fraction of sp³-hybridized carbons (Fsp3) is 1.00. The zero-order chi connectivity index (χ0) is 13.9. The molecule has 1 unspecified atom stereocenters. The highest BCUT2D eigenvalue weighted by Gasteiger charge is 2.39. The van der Waals surface area contributed by atoms with Crippen molar-refractivity contribution >= 4 is 10.2 Å². The Bertz CT molecular complexity index is 337. The highest BCUT2D eigenvalue weighted by molar-refractivity contribution is 7.87. The number of aliphatic hydroxyl groups excluding tert-OH is 1. The van der Waals surface area contributed by atoms with Gasteiger partial charge in [0.25, 0.3) is 10.2 Å². The minimum atomic E-state index is -5.06. The van der Waals surface area contributed by atoms with E-state index >= 15 is 0 Å². The standard InChI is InChI=1S/C5H8F6N2O3S/c6-4(7,8)2-13-17(15,16)12-1-3(14)5(9,10)11/h3,12-14H,1-2H2. The Hall–Kier alpha value is -0.590. The predicted octanol–water partition coefficient (Wildman–Crippen LogP) is -0.104. The molecule has 104 valence electrons. The molecule has 5 nitrogen and oxygen atoms in total. The van der Waals surface area contributed by atoms with Crippen molar-refractivity contribution in [2.24, 2.45) is 0 Å². The minimum Gasteiger partial charge on any atom is -0.382 e. The fourth-order valence-corrected chi connectivity index (χ4v) is 1.37. The highest BCUT2D eigenvalue weighted by Crippen LogP contribution is 2.19. The number of alkyl halides is 6. The van der Waals surface area contributed by atoms with Crippen LogP contribution < -0.4 is 9.44 Å². The molecule has 0 aliphatic rings. The maximum absolute atomic E-state index is 11.7. The molecule has 1 atom stereocenters. The Morgan fingerprint density at radius 2 is 1.53 bits per heavy atom. The Morgan fingerprint density at radius 3 is 1.88 bits per heavy atom. The van der Waals surface area contributed by atoms with Gasteiger partial charge in [-0.3, -0.25) is 0 Å². The Morgan fingerprint density at radius 1 is 1.06 bits per heavy atom. The van der Waals surface area contributed by atoms with Crippen molar-refractivity contribution in [2.75, 3.05) is 13.1 Å². The van der Waals surface area contributed by atoms with Crippen LogP contribution in [-0.2, 0) is 10.2 Å². The number of hydrogen-bond donors (Lipinski definition) is 3. The smallest absolute Gasteiger partial charge is 0.382 e. The number of rotatable bonds is 5. The Labute approximate surface area is 92.0 Å². The summed E-state index contributed by atoms with van der Waals surface area (Å²) < 4.78 is 93.4. The summed E-state index contributed by atoms with van der Waals surface area (Å²) in [6, 6.07) is 0. The lowest BCUT2D eigenvalue weighted by Crippen LogP contribution is -2.46. The molecule has 0 amide bonds. The quantitative estimate of drug-likeness (QED) is 0.619. The minimum absolute atomic E-state index is 0.963. The maximum Gasteiger partial charge on any atom is 0.415 e. The predicted molar refractivity (Wildman–Crippen MR) is 43.0 cm³/mol. The van der Waals surface area contributed by atoms with E-state index in [9.17, 15) is 34.8 Å². The second-order valence-electron chi connectivity index (χ2n) is 2.85. The van der Waals surface area contributed by atoms with Crippen LogP contribution in [0.15, 0.2) is 0 Å². The van der Waals surface area contributed by atoms with E-state index in [4.69, 9.17) is 5.11 Å². The molecule has 0 fully saturated rings. The van der Waals surface area contributed by atoms with Gasteiger partial charge in [-0.25, -0.2) is 0 Å². The highest BCUT2D eigenvalue weighted by atomic mass is 32.2. The third kappa shape index (κ3) is 8.18.